The Labute approximate surface area is 84.7 Å². The number of carbonyl (C=O) groups excluding carboxylic acids is 2. The van der Waals surface area contributed by atoms with Crippen LogP contribution in [0.4, 0.5) is 0 Å². The maximum atomic E-state index is 11.3. The van der Waals surface area contributed by atoms with Gasteiger partial charge in [0.25, 0.3) is 5.91 Å². The summed E-state index contributed by atoms with van der Waals surface area (Å²) in [5, 5.41) is -0.0182. The first-order valence-corrected chi connectivity index (χ1v) is 4.02. The number of hydrogen-bond acceptors (Lipinski definition) is 4. The normalized spacial score (nSPS) is 9.29. The molecule has 1 rings (SSSR count). The number of amides is 2. The molecule has 14 heavy (non-hydrogen) atoms. The summed E-state index contributed by atoms with van der Waals surface area (Å²) in [6.07, 6.45) is 2.69. The minimum Gasteiger partial charge on any atom is -0.274 e. The molecule has 0 spiro atoms. The van der Waals surface area contributed by atoms with Crippen molar-refractivity contribution in [2.24, 2.45) is 0 Å². The summed E-state index contributed by atoms with van der Waals surface area (Å²) < 4.78 is 0. The van der Waals surface area contributed by atoms with Crippen LogP contribution in [-0.2, 0) is 4.79 Å². The molecule has 1 aromatic rings. The van der Waals surface area contributed by atoms with E-state index in [-0.39, 0.29) is 10.8 Å². The summed E-state index contributed by atoms with van der Waals surface area (Å²) in [7, 11) is 0. The Morgan fingerprint density at radius 3 is 2.50 bits per heavy atom. The van der Waals surface area contributed by atoms with Gasteiger partial charge in [-0.2, -0.15) is 0 Å². The smallest absolute Gasteiger partial charge is 0.274 e. The number of hydrazine groups is 1. The maximum Gasteiger partial charge on any atom is 0.291 e. The molecule has 0 fully saturated rings. The van der Waals surface area contributed by atoms with Gasteiger partial charge in [0.1, 0.15) is 0 Å². The van der Waals surface area contributed by atoms with E-state index in [4.69, 9.17) is 11.6 Å². The first-order chi connectivity index (χ1) is 6.61. The Balaban J connectivity index is 2.70. The highest BCUT2D eigenvalue weighted by Crippen LogP contribution is 2.07. The quantitative estimate of drug-likeness (QED) is 0.640. The third-order valence-corrected chi connectivity index (χ3v) is 1.50. The minimum atomic E-state index is -0.613. The molecule has 0 aliphatic carbocycles. The highest BCUT2D eigenvalue weighted by atomic mass is 35.5. The van der Waals surface area contributed by atoms with Crippen molar-refractivity contribution in [1.29, 1.82) is 0 Å². The van der Waals surface area contributed by atoms with Crippen molar-refractivity contribution in [2.75, 3.05) is 0 Å². The van der Waals surface area contributed by atoms with E-state index in [0.717, 1.165) is 0 Å². The number of carbonyl (C=O) groups is 2. The molecule has 0 aromatic carbocycles. The molecule has 1 heterocycles. The van der Waals surface area contributed by atoms with Crippen LogP contribution in [0.1, 0.15) is 17.4 Å². The minimum absolute atomic E-state index is 0.0182. The van der Waals surface area contributed by atoms with Crippen molar-refractivity contribution in [1.82, 2.24) is 20.8 Å². The van der Waals surface area contributed by atoms with Crippen molar-refractivity contribution >= 4 is 23.4 Å². The van der Waals surface area contributed by atoms with E-state index < -0.39 is 11.8 Å². The largest absolute Gasteiger partial charge is 0.291 e. The Hall–Kier alpha value is -1.69. The van der Waals surface area contributed by atoms with Crippen molar-refractivity contribution in [2.45, 2.75) is 6.92 Å². The van der Waals surface area contributed by atoms with Gasteiger partial charge in [0.2, 0.25) is 5.91 Å². The van der Waals surface area contributed by atoms with Gasteiger partial charge in [-0.25, -0.2) is 9.97 Å². The first kappa shape index (κ1) is 10.4. The molecule has 0 unspecified atom stereocenters. The van der Waals surface area contributed by atoms with Crippen molar-refractivity contribution in [3.63, 3.8) is 0 Å². The van der Waals surface area contributed by atoms with E-state index in [1.807, 2.05) is 0 Å². The lowest BCUT2D eigenvalue weighted by Gasteiger charge is -2.04. The fraction of sp³-hybridized carbons (Fsp3) is 0.143. The standard InChI is InChI=1S/C7H7ClN4O2/c1-4(13)11-12-7(14)5-6(8)10-3-2-9-5/h2-3H,1H3,(H,11,13)(H,12,14). The number of rotatable bonds is 1. The Morgan fingerprint density at radius 1 is 1.29 bits per heavy atom. The molecule has 6 nitrogen and oxygen atoms in total. The van der Waals surface area contributed by atoms with Gasteiger partial charge in [-0.15, -0.1) is 0 Å². The zero-order chi connectivity index (χ0) is 10.6. The number of nitrogens with one attached hydrogen (secondary N) is 2. The second kappa shape index (κ2) is 4.52. The zero-order valence-corrected chi connectivity index (χ0v) is 8.00. The van der Waals surface area contributed by atoms with Gasteiger partial charge in [0.05, 0.1) is 0 Å². The molecule has 1 aromatic heterocycles. The van der Waals surface area contributed by atoms with E-state index in [0.29, 0.717) is 0 Å². The maximum absolute atomic E-state index is 11.3. The molecule has 0 saturated heterocycles. The van der Waals surface area contributed by atoms with E-state index in [2.05, 4.69) is 20.8 Å². The fourth-order valence-electron chi connectivity index (χ4n) is 0.677. The van der Waals surface area contributed by atoms with Crippen LogP contribution >= 0.6 is 11.6 Å². The summed E-state index contributed by atoms with van der Waals surface area (Å²) in [6, 6.07) is 0. The predicted molar refractivity (Wildman–Crippen MR) is 48.3 cm³/mol. The fourth-order valence-corrected chi connectivity index (χ4v) is 0.868. The van der Waals surface area contributed by atoms with Gasteiger partial charge in [-0.1, -0.05) is 11.6 Å². The van der Waals surface area contributed by atoms with Crippen LogP contribution in [0.2, 0.25) is 5.15 Å². The summed E-state index contributed by atoms with van der Waals surface area (Å²) in [4.78, 5) is 29.1. The van der Waals surface area contributed by atoms with Crippen LogP contribution in [0.15, 0.2) is 12.4 Å². The monoisotopic (exact) mass is 214 g/mol. The second-order valence-electron chi connectivity index (χ2n) is 2.33. The molecular formula is C7H7ClN4O2. The third kappa shape index (κ3) is 2.67. The zero-order valence-electron chi connectivity index (χ0n) is 7.24. The van der Waals surface area contributed by atoms with Gasteiger partial charge in [-0.3, -0.25) is 20.4 Å². The number of nitrogens with zero attached hydrogens (tertiary/aromatic N) is 2. The SMILES string of the molecule is CC(=O)NNC(=O)c1nccnc1Cl. The van der Waals surface area contributed by atoms with E-state index in [1.54, 1.807) is 0 Å². The van der Waals surface area contributed by atoms with Crippen LogP contribution in [0.5, 0.6) is 0 Å². The van der Waals surface area contributed by atoms with Crippen LogP contribution in [-0.4, -0.2) is 21.8 Å². The first-order valence-electron chi connectivity index (χ1n) is 3.64. The van der Waals surface area contributed by atoms with Gasteiger partial charge >= 0.3 is 0 Å². The van der Waals surface area contributed by atoms with Gasteiger partial charge in [0.15, 0.2) is 10.8 Å². The summed E-state index contributed by atoms with van der Waals surface area (Å²) in [6.45, 7) is 1.26. The summed E-state index contributed by atoms with van der Waals surface area (Å²) in [5.41, 5.74) is 4.18. The van der Waals surface area contributed by atoms with Crippen molar-refractivity contribution in [3.05, 3.63) is 23.2 Å². The van der Waals surface area contributed by atoms with Crippen molar-refractivity contribution in [3.8, 4) is 0 Å². The number of halogens is 1. The van der Waals surface area contributed by atoms with E-state index in [9.17, 15) is 9.59 Å². The van der Waals surface area contributed by atoms with E-state index >= 15 is 0 Å². The van der Waals surface area contributed by atoms with Crippen LogP contribution in [0, 0.1) is 0 Å². The molecule has 0 saturated carbocycles. The third-order valence-electron chi connectivity index (χ3n) is 1.22. The molecule has 0 aliphatic heterocycles. The molecule has 74 valence electrons. The molecule has 0 atom stereocenters. The molecular weight excluding hydrogens is 208 g/mol. The lowest BCUT2D eigenvalue weighted by atomic mass is 10.4. The van der Waals surface area contributed by atoms with Crippen LogP contribution in [0.3, 0.4) is 0 Å². The Morgan fingerprint density at radius 2 is 1.93 bits per heavy atom. The number of aromatic nitrogens is 2. The van der Waals surface area contributed by atoms with Crippen LogP contribution < -0.4 is 10.9 Å². The molecule has 2 N–H and O–H groups in total. The second-order valence-corrected chi connectivity index (χ2v) is 2.69. The molecule has 2 amide bonds. The average molecular weight is 215 g/mol. The lowest BCUT2D eigenvalue weighted by Crippen LogP contribution is -2.40. The highest BCUT2D eigenvalue weighted by Gasteiger charge is 2.11. The van der Waals surface area contributed by atoms with Gasteiger partial charge in [-0.05, 0) is 0 Å². The number of hydrogen-bond donors (Lipinski definition) is 2. The Kier molecular flexibility index (Phi) is 3.35. The van der Waals surface area contributed by atoms with E-state index in [1.165, 1.54) is 19.3 Å². The van der Waals surface area contributed by atoms with Gasteiger partial charge < -0.3 is 0 Å². The lowest BCUT2D eigenvalue weighted by molar-refractivity contribution is -0.119. The Bertz CT molecular complexity index is 368. The molecule has 7 heteroatoms. The average Bonchev–Trinajstić information content (AvgIpc) is 2.15. The molecule has 0 aliphatic rings. The molecule has 0 radical (unpaired) electrons. The predicted octanol–water partition coefficient (Wildman–Crippen LogP) is -0.0891. The highest BCUT2D eigenvalue weighted by molar-refractivity contribution is 6.32. The topological polar surface area (TPSA) is 84.0 Å². The van der Waals surface area contributed by atoms with Crippen molar-refractivity contribution < 1.29 is 9.59 Å². The summed E-state index contributed by atoms with van der Waals surface area (Å²) >= 11 is 5.59. The van der Waals surface area contributed by atoms with Gasteiger partial charge in [0, 0.05) is 19.3 Å². The molecule has 0 bridgehead atoms. The summed E-state index contributed by atoms with van der Waals surface area (Å²) in [5.74, 6) is -1.00. The van der Waals surface area contributed by atoms with Crippen LogP contribution in [0.25, 0.3) is 0 Å².